The first kappa shape index (κ1) is 18.4. The summed E-state index contributed by atoms with van der Waals surface area (Å²) in [5.41, 5.74) is 2.42. The molecule has 138 valence electrons. The second-order valence-corrected chi connectivity index (χ2v) is 8.11. The Balaban J connectivity index is 1.56. The molecule has 0 atom stereocenters. The molecule has 0 aromatic heterocycles. The van der Waals surface area contributed by atoms with E-state index in [1.54, 1.807) is 25.1 Å². The van der Waals surface area contributed by atoms with Gasteiger partial charge in [0.1, 0.15) is 0 Å². The highest BCUT2D eigenvalue weighted by atomic mass is 32.2. The number of benzene rings is 2. The van der Waals surface area contributed by atoms with Crippen molar-refractivity contribution in [3.63, 3.8) is 0 Å². The Morgan fingerprint density at radius 1 is 1.04 bits per heavy atom. The zero-order valence-corrected chi connectivity index (χ0v) is 15.6. The van der Waals surface area contributed by atoms with Crippen molar-refractivity contribution in [1.82, 2.24) is 4.72 Å². The standard InChI is InChI=1S/C19H23N3O3S/c1-15-6-2-3-7-18(15)26(24,25)20-14-19(23)21-16-8-10-17(11-9-16)22-12-4-5-13-22/h2-3,6-11,20H,4-5,12-14H2,1H3,(H,21,23). The highest BCUT2D eigenvalue weighted by Crippen LogP contribution is 2.22. The van der Waals surface area contributed by atoms with E-state index < -0.39 is 15.9 Å². The fraction of sp³-hybridized carbons (Fsp3) is 0.316. The summed E-state index contributed by atoms with van der Waals surface area (Å²) in [6.45, 7) is 3.53. The van der Waals surface area contributed by atoms with Gasteiger partial charge in [-0.3, -0.25) is 4.79 Å². The van der Waals surface area contributed by atoms with Gasteiger partial charge in [0, 0.05) is 24.5 Å². The Bertz CT molecular complexity index is 873. The van der Waals surface area contributed by atoms with Crippen LogP contribution in [-0.2, 0) is 14.8 Å². The van der Waals surface area contributed by atoms with Crippen LogP contribution in [0, 0.1) is 6.92 Å². The van der Waals surface area contributed by atoms with Crippen molar-refractivity contribution in [2.24, 2.45) is 0 Å². The van der Waals surface area contributed by atoms with Crippen LogP contribution < -0.4 is 14.9 Å². The van der Waals surface area contributed by atoms with E-state index in [0.29, 0.717) is 11.3 Å². The molecule has 0 saturated carbocycles. The van der Waals surface area contributed by atoms with E-state index in [-0.39, 0.29) is 11.4 Å². The first-order valence-electron chi connectivity index (χ1n) is 8.66. The summed E-state index contributed by atoms with van der Waals surface area (Å²) in [6, 6.07) is 14.3. The lowest BCUT2D eigenvalue weighted by molar-refractivity contribution is -0.115. The first-order chi connectivity index (χ1) is 12.5. The normalized spacial score (nSPS) is 14.4. The molecule has 2 aromatic carbocycles. The van der Waals surface area contributed by atoms with Crippen LogP contribution in [0.4, 0.5) is 11.4 Å². The summed E-state index contributed by atoms with van der Waals surface area (Å²) in [5, 5.41) is 2.71. The van der Waals surface area contributed by atoms with E-state index in [1.165, 1.54) is 18.9 Å². The number of rotatable bonds is 6. The molecule has 0 bridgehead atoms. The molecule has 6 nitrogen and oxygen atoms in total. The molecule has 2 N–H and O–H groups in total. The second kappa shape index (κ2) is 7.88. The van der Waals surface area contributed by atoms with Gasteiger partial charge >= 0.3 is 0 Å². The maximum atomic E-state index is 12.3. The van der Waals surface area contributed by atoms with E-state index in [1.807, 2.05) is 24.3 Å². The van der Waals surface area contributed by atoms with E-state index in [4.69, 9.17) is 0 Å². The predicted molar refractivity (Wildman–Crippen MR) is 103 cm³/mol. The number of aryl methyl sites for hydroxylation is 1. The first-order valence-corrected chi connectivity index (χ1v) is 10.1. The number of carbonyl (C=O) groups excluding carboxylic acids is 1. The number of hydrogen-bond acceptors (Lipinski definition) is 4. The molecule has 1 heterocycles. The molecule has 1 aliphatic heterocycles. The maximum Gasteiger partial charge on any atom is 0.241 e. The van der Waals surface area contributed by atoms with E-state index in [9.17, 15) is 13.2 Å². The average Bonchev–Trinajstić information content (AvgIpc) is 3.16. The van der Waals surface area contributed by atoms with Crippen molar-refractivity contribution < 1.29 is 13.2 Å². The molecular formula is C19H23N3O3S. The summed E-state index contributed by atoms with van der Waals surface area (Å²) < 4.78 is 27.0. The van der Waals surface area contributed by atoms with Crippen LogP contribution >= 0.6 is 0 Å². The SMILES string of the molecule is Cc1ccccc1S(=O)(=O)NCC(=O)Nc1ccc(N2CCCC2)cc1. The molecule has 26 heavy (non-hydrogen) atoms. The minimum atomic E-state index is -3.71. The van der Waals surface area contributed by atoms with Crippen LogP contribution in [-0.4, -0.2) is 34.0 Å². The Labute approximate surface area is 154 Å². The van der Waals surface area contributed by atoms with Crippen LogP contribution in [0.15, 0.2) is 53.4 Å². The van der Waals surface area contributed by atoms with E-state index in [2.05, 4.69) is 14.9 Å². The van der Waals surface area contributed by atoms with Gasteiger partial charge in [0.15, 0.2) is 0 Å². The highest BCUT2D eigenvalue weighted by molar-refractivity contribution is 7.89. The zero-order chi connectivity index (χ0) is 18.6. The van der Waals surface area contributed by atoms with Gasteiger partial charge in [-0.15, -0.1) is 0 Å². The van der Waals surface area contributed by atoms with Gasteiger partial charge in [-0.25, -0.2) is 13.1 Å². The van der Waals surface area contributed by atoms with Gasteiger partial charge in [-0.2, -0.15) is 0 Å². The van der Waals surface area contributed by atoms with Gasteiger partial charge in [-0.05, 0) is 55.7 Å². The fourth-order valence-electron chi connectivity index (χ4n) is 3.03. The molecular weight excluding hydrogens is 350 g/mol. The van der Waals surface area contributed by atoms with E-state index >= 15 is 0 Å². The Kier molecular flexibility index (Phi) is 5.58. The molecule has 3 rings (SSSR count). The average molecular weight is 373 g/mol. The van der Waals surface area contributed by atoms with Crippen molar-refractivity contribution in [2.75, 3.05) is 29.9 Å². The number of nitrogens with zero attached hydrogens (tertiary/aromatic N) is 1. The molecule has 1 saturated heterocycles. The second-order valence-electron chi connectivity index (χ2n) is 6.38. The number of nitrogens with one attached hydrogen (secondary N) is 2. The van der Waals surface area contributed by atoms with Gasteiger partial charge < -0.3 is 10.2 Å². The molecule has 0 aliphatic carbocycles. The fourth-order valence-corrected chi connectivity index (χ4v) is 4.26. The molecule has 0 radical (unpaired) electrons. The molecule has 2 aromatic rings. The summed E-state index contributed by atoms with van der Waals surface area (Å²) in [5.74, 6) is -0.406. The lowest BCUT2D eigenvalue weighted by Crippen LogP contribution is -2.33. The summed E-state index contributed by atoms with van der Waals surface area (Å²) in [7, 11) is -3.71. The van der Waals surface area contributed by atoms with Crippen LogP contribution in [0.25, 0.3) is 0 Å². The molecule has 7 heteroatoms. The number of amides is 1. The summed E-state index contributed by atoms with van der Waals surface area (Å²) >= 11 is 0. The highest BCUT2D eigenvalue weighted by Gasteiger charge is 2.17. The molecule has 0 unspecified atom stereocenters. The third kappa shape index (κ3) is 4.42. The van der Waals surface area contributed by atoms with Crippen molar-refractivity contribution in [2.45, 2.75) is 24.7 Å². The molecule has 1 fully saturated rings. The Morgan fingerprint density at radius 2 is 1.69 bits per heavy atom. The lowest BCUT2D eigenvalue weighted by atomic mass is 10.2. The minimum absolute atomic E-state index is 0.183. The van der Waals surface area contributed by atoms with E-state index in [0.717, 1.165) is 18.8 Å². The van der Waals surface area contributed by atoms with Crippen molar-refractivity contribution in [3.05, 3.63) is 54.1 Å². The lowest BCUT2D eigenvalue weighted by Gasteiger charge is -2.17. The van der Waals surface area contributed by atoms with Gasteiger partial charge in [0.05, 0.1) is 11.4 Å². The molecule has 1 aliphatic rings. The number of sulfonamides is 1. The smallest absolute Gasteiger partial charge is 0.241 e. The minimum Gasteiger partial charge on any atom is -0.372 e. The zero-order valence-electron chi connectivity index (χ0n) is 14.7. The number of hydrogen-bond donors (Lipinski definition) is 2. The topological polar surface area (TPSA) is 78.5 Å². The third-order valence-electron chi connectivity index (χ3n) is 4.43. The monoisotopic (exact) mass is 373 g/mol. The van der Waals surface area contributed by atoms with Crippen molar-refractivity contribution in [3.8, 4) is 0 Å². The van der Waals surface area contributed by atoms with Gasteiger partial charge in [0.2, 0.25) is 15.9 Å². The Hall–Kier alpha value is -2.38. The van der Waals surface area contributed by atoms with Crippen LogP contribution in [0.3, 0.4) is 0 Å². The van der Waals surface area contributed by atoms with Crippen molar-refractivity contribution >= 4 is 27.3 Å². The maximum absolute atomic E-state index is 12.3. The summed E-state index contributed by atoms with van der Waals surface area (Å²) in [4.78, 5) is 14.6. The van der Waals surface area contributed by atoms with Crippen molar-refractivity contribution in [1.29, 1.82) is 0 Å². The summed E-state index contributed by atoms with van der Waals surface area (Å²) in [6.07, 6.45) is 2.42. The van der Waals surface area contributed by atoms with Crippen LogP contribution in [0.5, 0.6) is 0 Å². The van der Waals surface area contributed by atoms with Gasteiger partial charge in [-0.1, -0.05) is 18.2 Å². The largest absolute Gasteiger partial charge is 0.372 e. The number of anilines is 2. The number of carbonyl (C=O) groups is 1. The quantitative estimate of drug-likeness (QED) is 0.816. The van der Waals surface area contributed by atoms with Crippen LogP contribution in [0.2, 0.25) is 0 Å². The third-order valence-corrected chi connectivity index (χ3v) is 5.99. The Morgan fingerprint density at radius 3 is 2.35 bits per heavy atom. The van der Waals surface area contributed by atoms with Gasteiger partial charge in [0.25, 0.3) is 0 Å². The predicted octanol–water partition coefficient (Wildman–Crippen LogP) is 2.51. The molecule has 1 amide bonds. The van der Waals surface area contributed by atoms with Crippen LogP contribution in [0.1, 0.15) is 18.4 Å². The molecule has 0 spiro atoms.